The van der Waals surface area contributed by atoms with Crippen LogP contribution in [0.5, 0.6) is 0 Å². The van der Waals surface area contributed by atoms with Gasteiger partial charge in [-0.05, 0) is 45.9 Å². The van der Waals surface area contributed by atoms with Crippen LogP contribution in [-0.4, -0.2) is 34.2 Å². The largest absolute Gasteiger partial charge is 0.444 e. The third kappa shape index (κ3) is 6.86. The molecular weight excluding hydrogens is 400 g/mol. The number of primary amides is 1. The van der Waals surface area contributed by atoms with E-state index in [0.29, 0.717) is 22.1 Å². The van der Waals surface area contributed by atoms with Gasteiger partial charge in [0.25, 0.3) is 5.91 Å². The monoisotopic (exact) mass is 422 g/mol. The van der Waals surface area contributed by atoms with Crippen molar-refractivity contribution < 1.29 is 19.1 Å². The van der Waals surface area contributed by atoms with E-state index in [9.17, 15) is 14.4 Å². The summed E-state index contributed by atoms with van der Waals surface area (Å²) in [6, 6.07) is 6.48. The summed E-state index contributed by atoms with van der Waals surface area (Å²) in [4.78, 5) is 39.6. The third-order valence-electron chi connectivity index (χ3n) is 3.09. The fourth-order valence-electron chi connectivity index (χ4n) is 2.04. The van der Waals surface area contributed by atoms with E-state index < -0.39 is 17.6 Å². The van der Waals surface area contributed by atoms with E-state index in [1.54, 1.807) is 52.0 Å². The fraction of sp³-hybridized carbons (Fsp3) is 0.333. The lowest BCUT2D eigenvalue weighted by Gasteiger charge is -2.19. The van der Waals surface area contributed by atoms with Crippen molar-refractivity contribution in [3.05, 3.63) is 35.5 Å². The number of benzene rings is 1. The third-order valence-corrected chi connectivity index (χ3v) is 5.55. The van der Waals surface area contributed by atoms with Gasteiger partial charge >= 0.3 is 6.09 Å². The molecule has 0 aliphatic heterocycles. The quantitative estimate of drug-likeness (QED) is 0.611. The van der Waals surface area contributed by atoms with Crippen molar-refractivity contribution in [1.82, 2.24) is 4.98 Å². The molecule has 1 aromatic carbocycles. The van der Waals surface area contributed by atoms with Crippen molar-refractivity contribution >= 4 is 51.8 Å². The number of thioether (sulfide) groups is 1. The summed E-state index contributed by atoms with van der Waals surface area (Å²) < 4.78 is 6.01. The summed E-state index contributed by atoms with van der Waals surface area (Å²) in [5, 5.41) is 5.73. The van der Waals surface area contributed by atoms with E-state index in [1.807, 2.05) is 0 Å². The van der Waals surface area contributed by atoms with Gasteiger partial charge < -0.3 is 10.5 Å². The molecule has 0 unspecified atom stereocenters. The second kappa shape index (κ2) is 9.07. The predicted octanol–water partition coefficient (Wildman–Crippen LogP) is 3.63. The molecule has 2 rings (SSSR count). The highest BCUT2D eigenvalue weighted by atomic mass is 32.2. The number of amides is 3. The van der Waals surface area contributed by atoms with Crippen LogP contribution in [0.15, 0.2) is 28.5 Å². The lowest BCUT2D eigenvalue weighted by atomic mass is 10.2. The number of aromatic nitrogens is 1. The number of rotatable bonds is 6. The minimum Gasteiger partial charge on any atom is -0.444 e. The Labute approximate surface area is 171 Å². The van der Waals surface area contributed by atoms with Crippen LogP contribution in [0.25, 0.3) is 0 Å². The Morgan fingerprint density at radius 1 is 1.25 bits per heavy atom. The Balaban J connectivity index is 2.04. The number of nitrogens with one attached hydrogen (secondary N) is 2. The molecule has 0 bridgehead atoms. The topological polar surface area (TPSA) is 123 Å². The Kier molecular flexibility index (Phi) is 7.03. The summed E-state index contributed by atoms with van der Waals surface area (Å²) in [6.07, 6.45) is -0.600. The number of anilines is 2. The van der Waals surface area contributed by atoms with Crippen molar-refractivity contribution in [2.75, 3.05) is 16.4 Å². The Morgan fingerprint density at radius 2 is 1.96 bits per heavy atom. The van der Waals surface area contributed by atoms with E-state index in [1.165, 1.54) is 23.1 Å². The smallest absolute Gasteiger partial charge is 0.412 e. The zero-order valence-electron chi connectivity index (χ0n) is 16.0. The first-order valence-electron chi connectivity index (χ1n) is 8.33. The van der Waals surface area contributed by atoms with Gasteiger partial charge in [-0.15, -0.1) is 11.8 Å². The first-order valence-corrected chi connectivity index (χ1v) is 10.1. The van der Waals surface area contributed by atoms with Crippen LogP contribution in [0.1, 0.15) is 36.8 Å². The minimum atomic E-state index is -0.619. The normalized spacial score (nSPS) is 11.0. The average Bonchev–Trinajstić information content (AvgIpc) is 2.90. The predicted molar refractivity (Wildman–Crippen MR) is 111 cm³/mol. The summed E-state index contributed by atoms with van der Waals surface area (Å²) >= 11 is 2.55. The van der Waals surface area contributed by atoms with Gasteiger partial charge in [0.2, 0.25) is 5.91 Å². The van der Waals surface area contributed by atoms with E-state index >= 15 is 0 Å². The molecule has 8 nitrogen and oxygen atoms in total. The number of aryl methyl sites for hydroxylation is 1. The second-order valence-corrected chi connectivity index (χ2v) is 9.05. The van der Waals surface area contributed by atoms with Gasteiger partial charge in [-0.25, -0.2) is 9.78 Å². The zero-order valence-corrected chi connectivity index (χ0v) is 17.6. The molecule has 28 heavy (non-hydrogen) atoms. The molecule has 0 spiro atoms. The molecule has 1 aromatic heterocycles. The van der Waals surface area contributed by atoms with Gasteiger partial charge in [0, 0.05) is 11.3 Å². The maximum absolute atomic E-state index is 12.5. The van der Waals surface area contributed by atoms with E-state index in [2.05, 4.69) is 15.6 Å². The van der Waals surface area contributed by atoms with Crippen molar-refractivity contribution in [1.29, 1.82) is 0 Å². The SMILES string of the molecule is Cc1nc(NC(=O)c2cccc(NC(=O)OC(C)(C)C)c2)sc1SCC(N)=O. The lowest BCUT2D eigenvalue weighted by molar-refractivity contribution is -0.115. The molecule has 0 aliphatic carbocycles. The molecule has 10 heteroatoms. The van der Waals surface area contributed by atoms with E-state index in [0.717, 1.165) is 4.21 Å². The number of ether oxygens (including phenoxy) is 1. The van der Waals surface area contributed by atoms with Crippen LogP contribution in [0, 0.1) is 6.92 Å². The highest BCUT2D eigenvalue weighted by Crippen LogP contribution is 2.32. The number of carbonyl (C=O) groups is 3. The minimum absolute atomic E-state index is 0.148. The van der Waals surface area contributed by atoms with Gasteiger partial charge in [-0.3, -0.25) is 20.2 Å². The summed E-state index contributed by atoms with van der Waals surface area (Å²) in [5.41, 5.74) is 6.04. The molecular formula is C18H22N4O4S2. The van der Waals surface area contributed by atoms with Crippen molar-refractivity contribution in [3.63, 3.8) is 0 Å². The lowest BCUT2D eigenvalue weighted by Crippen LogP contribution is -2.27. The summed E-state index contributed by atoms with van der Waals surface area (Å²) in [6.45, 7) is 7.09. The van der Waals surface area contributed by atoms with Gasteiger partial charge in [-0.2, -0.15) is 0 Å². The van der Waals surface area contributed by atoms with Gasteiger partial charge in [0.15, 0.2) is 5.13 Å². The average molecular weight is 423 g/mol. The number of thiazole rings is 1. The van der Waals surface area contributed by atoms with Gasteiger partial charge in [0.1, 0.15) is 5.60 Å². The first kappa shape index (κ1) is 21.7. The number of hydrogen-bond acceptors (Lipinski definition) is 7. The maximum atomic E-state index is 12.5. The molecule has 0 saturated heterocycles. The fourth-order valence-corrected chi connectivity index (χ4v) is 3.91. The Bertz CT molecular complexity index is 890. The van der Waals surface area contributed by atoms with E-state index in [-0.39, 0.29) is 11.7 Å². The van der Waals surface area contributed by atoms with Crippen LogP contribution >= 0.6 is 23.1 Å². The van der Waals surface area contributed by atoms with Crippen LogP contribution in [0.2, 0.25) is 0 Å². The highest BCUT2D eigenvalue weighted by molar-refractivity contribution is 8.01. The molecule has 0 atom stereocenters. The van der Waals surface area contributed by atoms with Gasteiger partial charge in [-0.1, -0.05) is 17.4 Å². The highest BCUT2D eigenvalue weighted by Gasteiger charge is 2.17. The molecule has 0 saturated carbocycles. The van der Waals surface area contributed by atoms with Crippen LogP contribution < -0.4 is 16.4 Å². The molecule has 150 valence electrons. The van der Waals surface area contributed by atoms with Crippen LogP contribution in [0.3, 0.4) is 0 Å². The number of carbonyl (C=O) groups excluding carboxylic acids is 3. The summed E-state index contributed by atoms with van der Waals surface area (Å²) in [7, 11) is 0. The number of nitrogens with zero attached hydrogens (tertiary/aromatic N) is 1. The van der Waals surface area contributed by atoms with Crippen LogP contribution in [-0.2, 0) is 9.53 Å². The van der Waals surface area contributed by atoms with Crippen molar-refractivity contribution in [2.24, 2.45) is 5.73 Å². The number of hydrogen-bond donors (Lipinski definition) is 3. The molecule has 4 N–H and O–H groups in total. The second-order valence-electron chi connectivity index (χ2n) is 6.81. The Morgan fingerprint density at radius 3 is 2.61 bits per heavy atom. The Hall–Kier alpha value is -2.59. The maximum Gasteiger partial charge on any atom is 0.412 e. The van der Waals surface area contributed by atoms with Gasteiger partial charge in [0.05, 0.1) is 15.7 Å². The number of nitrogens with two attached hydrogens (primary N) is 1. The van der Waals surface area contributed by atoms with Crippen molar-refractivity contribution in [3.8, 4) is 0 Å². The molecule has 0 fully saturated rings. The first-order chi connectivity index (χ1) is 13.0. The molecule has 2 aromatic rings. The van der Waals surface area contributed by atoms with Crippen molar-refractivity contribution in [2.45, 2.75) is 37.5 Å². The zero-order chi connectivity index (χ0) is 20.9. The summed E-state index contributed by atoms with van der Waals surface area (Å²) in [5.74, 6) is -0.639. The standard InChI is InChI=1S/C18H22N4O4S2/c1-10-15(27-9-13(19)23)28-16(20-10)22-14(24)11-6-5-7-12(8-11)21-17(25)26-18(2,3)4/h5-8H,9H2,1-4H3,(H2,19,23)(H,21,25)(H,20,22,24). The molecule has 3 amide bonds. The molecule has 0 aliphatic rings. The van der Waals surface area contributed by atoms with E-state index in [4.69, 9.17) is 10.5 Å². The molecule has 1 heterocycles. The van der Waals surface area contributed by atoms with Crippen LogP contribution in [0.4, 0.5) is 15.6 Å². The molecule has 0 radical (unpaired) electrons.